The fraction of sp³-hybridized carbons (Fsp3) is 0.419. The van der Waals surface area contributed by atoms with Gasteiger partial charge in [0.15, 0.2) is 9.84 Å². The number of fused-ring (bicyclic) bond motifs is 1. The molecule has 0 saturated heterocycles. The van der Waals surface area contributed by atoms with Crippen LogP contribution in [0.25, 0.3) is 11.6 Å². The molecular formula is C31H40N4O4S. The number of nitrogens with one attached hydrogen (secondary N) is 3. The van der Waals surface area contributed by atoms with Crippen molar-refractivity contribution >= 4 is 39.0 Å². The average Bonchev–Trinajstić information content (AvgIpc) is 3.35. The minimum absolute atomic E-state index is 0.0811. The van der Waals surface area contributed by atoms with Crippen LogP contribution in [-0.4, -0.2) is 61.0 Å². The maximum absolute atomic E-state index is 13.2. The number of amides is 2. The van der Waals surface area contributed by atoms with Crippen LogP contribution in [0.5, 0.6) is 0 Å². The van der Waals surface area contributed by atoms with Gasteiger partial charge in [0.2, 0.25) is 0 Å². The molecule has 9 heteroatoms. The summed E-state index contributed by atoms with van der Waals surface area (Å²) in [7, 11) is -3.59. The SMILES string of the molecule is Cc1[nH]c(C=C2C(=O)Nc3ccc(S(=O)(=O)CC4=CCCC=C4)cc32)c(C)c1C(=O)NCCN(C(C)C)C(C)C. The molecule has 0 atom stereocenters. The summed E-state index contributed by atoms with van der Waals surface area (Å²) in [6.45, 7) is 13.5. The molecule has 2 amide bonds. The van der Waals surface area contributed by atoms with E-state index >= 15 is 0 Å². The van der Waals surface area contributed by atoms with Crippen LogP contribution in [0.4, 0.5) is 5.69 Å². The topological polar surface area (TPSA) is 111 Å². The van der Waals surface area contributed by atoms with Crippen LogP contribution in [0.3, 0.4) is 0 Å². The summed E-state index contributed by atoms with van der Waals surface area (Å²) in [5.41, 5.74) is 4.84. The van der Waals surface area contributed by atoms with E-state index < -0.39 is 9.84 Å². The number of aromatic amines is 1. The van der Waals surface area contributed by atoms with Gasteiger partial charge in [-0.3, -0.25) is 14.5 Å². The monoisotopic (exact) mass is 564 g/mol. The average molecular weight is 565 g/mol. The molecular weight excluding hydrogens is 524 g/mol. The number of rotatable bonds is 10. The number of hydrogen-bond acceptors (Lipinski definition) is 5. The Hall–Kier alpha value is -3.43. The molecule has 3 N–H and O–H groups in total. The van der Waals surface area contributed by atoms with Crippen molar-refractivity contribution in [1.82, 2.24) is 15.2 Å². The normalized spacial score (nSPS) is 16.2. The summed E-state index contributed by atoms with van der Waals surface area (Å²) in [6, 6.07) is 5.49. The van der Waals surface area contributed by atoms with Crippen LogP contribution in [0, 0.1) is 13.8 Å². The second-order valence-electron chi connectivity index (χ2n) is 11.1. The number of carbonyl (C=O) groups is 2. The van der Waals surface area contributed by atoms with Crippen LogP contribution >= 0.6 is 0 Å². The molecule has 1 aromatic carbocycles. The van der Waals surface area contributed by atoms with Gasteiger partial charge in [-0.2, -0.15) is 0 Å². The summed E-state index contributed by atoms with van der Waals surface area (Å²) >= 11 is 0. The molecule has 4 rings (SSSR count). The zero-order valence-electron chi connectivity index (χ0n) is 24.2. The first-order valence-electron chi connectivity index (χ1n) is 13.9. The lowest BCUT2D eigenvalue weighted by Gasteiger charge is -2.30. The molecule has 0 radical (unpaired) electrons. The van der Waals surface area contributed by atoms with Crippen LogP contribution < -0.4 is 10.6 Å². The highest BCUT2D eigenvalue weighted by molar-refractivity contribution is 7.91. The predicted octanol–water partition coefficient (Wildman–Crippen LogP) is 5.02. The largest absolute Gasteiger partial charge is 0.358 e. The van der Waals surface area contributed by atoms with Gasteiger partial charge >= 0.3 is 0 Å². The highest BCUT2D eigenvalue weighted by Crippen LogP contribution is 2.36. The van der Waals surface area contributed by atoms with E-state index in [0.717, 1.165) is 30.5 Å². The van der Waals surface area contributed by atoms with Crippen molar-refractivity contribution in [2.24, 2.45) is 0 Å². The third-order valence-electron chi connectivity index (χ3n) is 7.54. The third-order valence-corrected chi connectivity index (χ3v) is 9.22. The lowest BCUT2D eigenvalue weighted by Crippen LogP contribution is -2.42. The van der Waals surface area contributed by atoms with Crippen molar-refractivity contribution in [3.8, 4) is 0 Å². The number of nitrogens with zero attached hydrogens (tertiary/aromatic N) is 1. The summed E-state index contributed by atoms with van der Waals surface area (Å²) in [4.78, 5) is 31.8. The fourth-order valence-electron chi connectivity index (χ4n) is 5.48. The summed E-state index contributed by atoms with van der Waals surface area (Å²) < 4.78 is 26.3. The molecule has 214 valence electrons. The Balaban J connectivity index is 1.57. The lowest BCUT2D eigenvalue weighted by atomic mass is 10.0. The standard InChI is InChI=1S/C31H40N4O4S/c1-19(2)35(20(3)4)15-14-32-31(37)29-21(5)28(33-22(29)6)17-26-25-16-24(12-13-27(25)34-30(26)36)40(38,39)18-23-10-8-7-9-11-23/h8,10-13,16-17,19-20,33H,7,9,14-15,18H2,1-6H3,(H,32,37)(H,34,36). The Labute approximate surface area is 237 Å². The van der Waals surface area contributed by atoms with E-state index in [9.17, 15) is 18.0 Å². The maximum Gasteiger partial charge on any atom is 0.256 e. The highest BCUT2D eigenvalue weighted by Gasteiger charge is 2.28. The number of aromatic nitrogens is 1. The van der Waals surface area contributed by atoms with Crippen LogP contribution in [0.2, 0.25) is 0 Å². The first-order chi connectivity index (χ1) is 18.9. The number of anilines is 1. The second kappa shape index (κ2) is 12.0. The smallest absolute Gasteiger partial charge is 0.256 e. The van der Waals surface area contributed by atoms with Crippen molar-refractivity contribution in [2.75, 3.05) is 24.2 Å². The molecule has 0 fully saturated rings. The molecule has 1 aliphatic carbocycles. The molecule has 40 heavy (non-hydrogen) atoms. The van der Waals surface area contributed by atoms with E-state index in [0.29, 0.717) is 52.4 Å². The Morgan fingerprint density at radius 3 is 2.50 bits per heavy atom. The van der Waals surface area contributed by atoms with Gasteiger partial charge in [-0.1, -0.05) is 18.2 Å². The van der Waals surface area contributed by atoms with Crippen LogP contribution in [0.15, 0.2) is 46.9 Å². The fourth-order valence-corrected chi connectivity index (χ4v) is 6.88. The molecule has 2 aliphatic rings. The number of H-pyrrole nitrogens is 1. The maximum atomic E-state index is 13.2. The number of sulfone groups is 1. The summed E-state index contributed by atoms with van der Waals surface area (Å²) in [5.74, 6) is -0.566. The Morgan fingerprint density at radius 1 is 1.12 bits per heavy atom. The Morgan fingerprint density at radius 2 is 1.85 bits per heavy atom. The van der Waals surface area contributed by atoms with Gasteiger partial charge in [-0.15, -0.1) is 0 Å². The molecule has 1 aromatic heterocycles. The zero-order chi connectivity index (χ0) is 29.2. The predicted molar refractivity (Wildman–Crippen MR) is 161 cm³/mol. The van der Waals surface area contributed by atoms with E-state index in [2.05, 4.69) is 48.2 Å². The van der Waals surface area contributed by atoms with Gasteiger partial charge in [0.1, 0.15) is 0 Å². The molecule has 0 spiro atoms. The first-order valence-corrected chi connectivity index (χ1v) is 15.5. The molecule has 0 unspecified atom stereocenters. The molecule has 1 aliphatic heterocycles. The van der Waals surface area contributed by atoms with Crippen molar-refractivity contribution in [3.63, 3.8) is 0 Å². The van der Waals surface area contributed by atoms with Crippen molar-refractivity contribution in [2.45, 2.75) is 71.4 Å². The minimum atomic E-state index is -3.59. The molecule has 0 bridgehead atoms. The van der Waals surface area contributed by atoms with Gasteiger partial charge in [0.25, 0.3) is 11.8 Å². The van der Waals surface area contributed by atoms with Gasteiger partial charge in [-0.25, -0.2) is 8.42 Å². The van der Waals surface area contributed by atoms with Gasteiger partial charge in [0, 0.05) is 47.8 Å². The quantitative estimate of drug-likeness (QED) is 0.351. The number of carbonyl (C=O) groups excluding carboxylic acids is 2. The van der Waals surface area contributed by atoms with Crippen LogP contribution in [-0.2, 0) is 14.6 Å². The molecule has 8 nitrogen and oxygen atoms in total. The molecule has 0 saturated carbocycles. The second-order valence-corrected chi connectivity index (χ2v) is 13.1. The van der Waals surface area contributed by atoms with Gasteiger partial charge in [-0.05, 0) is 89.8 Å². The Bertz CT molecular complexity index is 1500. The zero-order valence-corrected chi connectivity index (χ0v) is 25.0. The van der Waals surface area contributed by atoms with Crippen LogP contribution in [0.1, 0.15) is 73.4 Å². The number of aryl methyl sites for hydroxylation is 1. The van der Waals surface area contributed by atoms with Crippen molar-refractivity contribution in [3.05, 3.63) is 70.1 Å². The van der Waals surface area contributed by atoms with Gasteiger partial charge < -0.3 is 15.6 Å². The van der Waals surface area contributed by atoms with E-state index in [1.54, 1.807) is 18.2 Å². The number of hydrogen-bond donors (Lipinski definition) is 3. The number of allylic oxidation sites excluding steroid dienone is 3. The third kappa shape index (κ3) is 6.31. The highest BCUT2D eigenvalue weighted by atomic mass is 32.2. The van der Waals surface area contributed by atoms with Gasteiger partial charge in [0.05, 0.1) is 21.8 Å². The van der Waals surface area contributed by atoms with E-state index in [1.165, 1.54) is 6.07 Å². The molecule has 2 heterocycles. The van der Waals surface area contributed by atoms with E-state index in [4.69, 9.17) is 0 Å². The summed E-state index contributed by atoms with van der Waals surface area (Å²) in [5, 5.41) is 5.86. The molecule has 2 aromatic rings. The van der Waals surface area contributed by atoms with E-state index in [-0.39, 0.29) is 22.5 Å². The first kappa shape index (κ1) is 29.6. The lowest BCUT2D eigenvalue weighted by molar-refractivity contribution is -0.110. The minimum Gasteiger partial charge on any atom is -0.358 e. The van der Waals surface area contributed by atoms with Crippen molar-refractivity contribution in [1.29, 1.82) is 0 Å². The van der Waals surface area contributed by atoms with E-state index in [1.807, 2.05) is 32.1 Å². The number of benzene rings is 1. The van der Waals surface area contributed by atoms with Crippen molar-refractivity contribution < 1.29 is 18.0 Å². The Kier molecular flexibility index (Phi) is 8.85. The summed E-state index contributed by atoms with van der Waals surface area (Å²) in [6.07, 6.45) is 9.25.